The van der Waals surface area contributed by atoms with Gasteiger partial charge in [-0.25, -0.2) is 4.98 Å². The fraction of sp³-hybridized carbons (Fsp3) is 0.250. The second-order valence-electron chi connectivity index (χ2n) is 3.82. The van der Waals surface area contributed by atoms with Gasteiger partial charge in [-0.2, -0.15) is 13.2 Å². The summed E-state index contributed by atoms with van der Waals surface area (Å²) in [6.45, 7) is 0.505. The summed E-state index contributed by atoms with van der Waals surface area (Å²) in [7, 11) is 0. The first-order valence-corrected chi connectivity index (χ1v) is 6.72. The Kier molecular flexibility index (Phi) is 4.31. The van der Waals surface area contributed by atoms with Crippen LogP contribution >= 0.6 is 22.9 Å². The Morgan fingerprint density at radius 1 is 1.32 bits per heavy atom. The summed E-state index contributed by atoms with van der Waals surface area (Å²) in [5.41, 5.74) is -0.800. The SMILES string of the molecule is FC(F)(F)c1cc(Cl)nc(NCCc2cccs2)c1. The van der Waals surface area contributed by atoms with Crippen LogP contribution in [0, 0.1) is 0 Å². The first kappa shape index (κ1) is 14.1. The highest BCUT2D eigenvalue weighted by Crippen LogP contribution is 2.31. The number of alkyl halides is 3. The van der Waals surface area contributed by atoms with Crippen molar-refractivity contribution in [1.29, 1.82) is 0 Å². The van der Waals surface area contributed by atoms with Crippen LogP contribution in [0.3, 0.4) is 0 Å². The van der Waals surface area contributed by atoms with E-state index >= 15 is 0 Å². The molecule has 0 aliphatic heterocycles. The van der Waals surface area contributed by atoms with Crippen LogP contribution in [0.5, 0.6) is 0 Å². The molecule has 0 saturated heterocycles. The zero-order chi connectivity index (χ0) is 13.9. The molecule has 2 aromatic heterocycles. The number of thiophene rings is 1. The minimum atomic E-state index is -4.42. The molecule has 0 radical (unpaired) electrons. The van der Waals surface area contributed by atoms with Gasteiger partial charge < -0.3 is 5.32 Å². The van der Waals surface area contributed by atoms with E-state index in [1.165, 1.54) is 0 Å². The third kappa shape index (κ3) is 4.11. The molecule has 0 spiro atoms. The summed E-state index contributed by atoms with van der Waals surface area (Å²) >= 11 is 7.19. The van der Waals surface area contributed by atoms with Crippen molar-refractivity contribution in [2.45, 2.75) is 12.6 Å². The van der Waals surface area contributed by atoms with E-state index in [1.807, 2.05) is 17.5 Å². The summed E-state index contributed by atoms with van der Waals surface area (Å²) in [4.78, 5) is 4.98. The number of rotatable bonds is 4. The first-order valence-electron chi connectivity index (χ1n) is 5.46. The lowest BCUT2D eigenvalue weighted by atomic mass is 10.2. The van der Waals surface area contributed by atoms with Gasteiger partial charge in [0.1, 0.15) is 11.0 Å². The summed E-state index contributed by atoms with van der Waals surface area (Å²) in [6, 6.07) is 5.67. The van der Waals surface area contributed by atoms with Crippen molar-refractivity contribution in [2.75, 3.05) is 11.9 Å². The quantitative estimate of drug-likeness (QED) is 0.843. The predicted octanol–water partition coefficient (Wildman–Crippen LogP) is 4.47. The Morgan fingerprint density at radius 3 is 2.74 bits per heavy atom. The zero-order valence-electron chi connectivity index (χ0n) is 9.67. The fourth-order valence-electron chi connectivity index (χ4n) is 1.52. The molecule has 2 nitrogen and oxygen atoms in total. The lowest BCUT2D eigenvalue weighted by Gasteiger charge is -2.10. The summed E-state index contributed by atoms with van der Waals surface area (Å²) in [5, 5.41) is 4.63. The first-order chi connectivity index (χ1) is 8.95. The van der Waals surface area contributed by atoms with Gasteiger partial charge in [-0.05, 0) is 30.0 Å². The van der Waals surface area contributed by atoms with Crippen LogP contribution in [-0.2, 0) is 12.6 Å². The molecule has 0 aromatic carbocycles. The van der Waals surface area contributed by atoms with Crippen LogP contribution in [0.2, 0.25) is 5.15 Å². The van der Waals surface area contributed by atoms with Crippen LogP contribution < -0.4 is 5.32 Å². The number of anilines is 1. The van der Waals surface area contributed by atoms with E-state index in [0.717, 1.165) is 23.4 Å². The number of hydrogen-bond acceptors (Lipinski definition) is 3. The molecule has 102 valence electrons. The molecule has 0 aliphatic rings. The summed E-state index contributed by atoms with van der Waals surface area (Å²) in [5.74, 6) is 0.136. The van der Waals surface area contributed by atoms with Gasteiger partial charge in [-0.3, -0.25) is 0 Å². The van der Waals surface area contributed by atoms with Gasteiger partial charge in [0.15, 0.2) is 0 Å². The largest absolute Gasteiger partial charge is 0.416 e. The third-order valence-corrected chi connectivity index (χ3v) is 3.51. The lowest BCUT2D eigenvalue weighted by molar-refractivity contribution is -0.137. The van der Waals surface area contributed by atoms with E-state index in [4.69, 9.17) is 11.6 Å². The topological polar surface area (TPSA) is 24.9 Å². The van der Waals surface area contributed by atoms with Crippen LogP contribution in [-0.4, -0.2) is 11.5 Å². The van der Waals surface area contributed by atoms with Crippen molar-refractivity contribution >= 4 is 28.8 Å². The number of nitrogens with zero attached hydrogens (tertiary/aromatic N) is 1. The van der Waals surface area contributed by atoms with Crippen molar-refractivity contribution in [3.05, 3.63) is 45.2 Å². The van der Waals surface area contributed by atoms with Crippen molar-refractivity contribution < 1.29 is 13.2 Å². The van der Waals surface area contributed by atoms with Crippen molar-refractivity contribution in [3.63, 3.8) is 0 Å². The molecule has 19 heavy (non-hydrogen) atoms. The Balaban J connectivity index is 2.02. The maximum Gasteiger partial charge on any atom is 0.416 e. The van der Waals surface area contributed by atoms with Crippen molar-refractivity contribution in [2.24, 2.45) is 0 Å². The molecule has 0 atom stereocenters. The third-order valence-electron chi connectivity index (χ3n) is 2.38. The molecule has 0 unspecified atom stereocenters. The maximum absolute atomic E-state index is 12.6. The van der Waals surface area contributed by atoms with Crippen LogP contribution in [0.1, 0.15) is 10.4 Å². The Morgan fingerprint density at radius 2 is 2.11 bits per heavy atom. The normalized spacial score (nSPS) is 11.6. The van der Waals surface area contributed by atoms with Gasteiger partial charge in [-0.15, -0.1) is 11.3 Å². The second kappa shape index (κ2) is 5.79. The highest BCUT2D eigenvalue weighted by atomic mass is 35.5. The van der Waals surface area contributed by atoms with Crippen molar-refractivity contribution in [3.8, 4) is 0 Å². The standard InChI is InChI=1S/C12H10ClF3N2S/c13-10-6-8(12(14,15)16)7-11(18-10)17-4-3-9-2-1-5-19-9/h1-2,5-7H,3-4H2,(H,17,18). The molecule has 1 N–H and O–H groups in total. The van der Waals surface area contributed by atoms with Gasteiger partial charge in [0, 0.05) is 11.4 Å². The maximum atomic E-state index is 12.6. The minimum Gasteiger partial charge on any atom is -0.370 e. The predicted molar refractivity (Wildman–Crippen MR) is 70.8 cm³/mol. The van der Waals surface area contributed by atoms with E-state index in [9.17, 15) is 13.2 Å². The van der Waals surface area contributed by atoms with Crippen LogP contribution in [0.25, 0.3) is 0 Å². The molecule has 0 fully saturated rings. The number of nitrogens with one attached hydrogen (secondary N) is 1. The highest BCUT2D eigenvalue weighted by Gasteiger charge is 2.31. The number of pyridine rings is 1. The summed E-state index contributed by atoms with van der Waals surface area (Å²) < 4.78 is 37.7. The molecule has 7 heteroatoms. The Bertz CT molecular complexity index is 540. The van der Waals surface area contributed by atoms with E-state index in [2.05, 4.69) is 10.3 Å². The molecule has 0 bridgehead atoms. The van der Waals surface area contributed by atoms with Crippen LogP contribution in [0.15, 0.2) is 29.6 Å². The Labute approximate surface area is 117 Å². The lowest BCUT2D eigenvalue weighted by Crippen LogP contribution is -2.10. The molecule has 2 heterocycles. The molecule has 2 aromatic rings. The van der Waals surface area contributed by atoms with E-state index < -0.39 is 11.7 Å². The van der Waals surface area contributed by atoms with E-state index in [-0.39, 0.29) is 11.0 Å². The monoisotopic (exact) mass is 306 g/mol. The summed E-state index contributed by atoms with van der Waals surface area (Å²) in [6.07, 6.45) is -3.69. The average molecular weight is 307 g/mol. The number of hydrogen-bond donors (Lipinski definition) is 1. The zero-order valence-corrected chi connectivity index (χ0v) is 11.2. The minimum absolute atomic E-state index is 0.136. The number of halogens is 4. The van der Waals surface area contributed by atoms with Gasteiger partial charge in [0.25, 0.3) is 0 Å². The van der Waals surface area contributed by atoms with Gasteiger partial charge >= 0.3 is 6.18 Å². The number of aromatic nitrogens is 1. The van der Waals surface area contributed by atoms with Gasteiger partial charge in [0.2, 0.25) is 0 Å². The molecule has 0 amide bonds. The van der Waals surface area contributed by atoms with E-state index in [0.29, 0.717) is 6.54 Å². The molecule has 2 rings (SSSR count). The highest BCUT2D eigenvalue weighted by molar-refractivity contribution is 7.09. The fourth-order valence-corrected chi connectivity index (χ4v) is 2.44. The smallest absolute Gasteiger partial charge is 0.370 e. The van der Waals surface area contributed by atoms with Crippen LogP contribution in [0.4, 0.5) is 19.0 Å². The molecule has 0 aliphatic carbocycles. The van der Waals surface area contributed by atoms with Crippen molar-refractivity contribution in [1.82, 2.24) is 4.98 Å². The molecule has 0 saturated carbocycles. The average Bonchev–Trinajstić information content (AvgIpc) is 2.80. The van der Waals surface area contributed by atoms with Gasteiger partial charge in [-0.1, -0.05) is 17.7 Å². The Hall–Kier alpha value is -1.27. The van der Waals surface area contributed by atoms with Gasteiger partial charge in [0.05, 0.1) is 5.56 Å². The molecular weight excluding hydrogens is 297 g/mol. The second-order valence-corrected chi connectivity index (χ2v) is 5.24. The molecular formula is C12H10ClF3N2S. The van der Waals surface area contributed by atoms with E-state index in [1.54, 1.807) is 11.3 Å².